The van der Waals surface area contributed by atoms with E-state index in [0.717, 1.165) is 18.1 Å². The van der Waals surface area contributed by atoms with E-state index in [-0.39, 0.29) is 22.2 Å². The lowest BCUT2D eigenvalue weighted by molar-refractivity contribution is -0.384. The summed E-state index contributed by atoms with van der Waals surface area (Å²) in [7, 11) is 0. The van der Waals surface area contributed by atoms with Crippen molar-refractivity contribution >= 4 is 46.2 Å². The van der Waals surface area contributed by atoms with Crippen molar-refractivity contribution in [2.24, 2.45) is 0 Å². The summed E-state index contributed by atoms with van der Waals surface area (Å²) in [6, 6.07) is 13.4. The predicted molar refractivity (Wildman–Crippen MR) is 129 cm³/mol. The molecular weight excluding hydrogens is 480 g/mol. The summed E-state index contributed by atoms with van der Waals surface area (Å²) in [5, 5.41) is 22.8. The maximum absolute atomic E-state index is 12.5. The Kier molecular flexibility index (Phi) is 6.87. The average molecular weight is 499 g/mol. The molecule has 1 saturated heterocycles. The van der Waals surface area contributed by atoms with Crippen molar-refractivity contribution in [3.8, 4) is 0 Å². The summed E-state index contributed by atoms with van der Waals surface area (Å²) in [5.41, 5.74) is 4.88. The zero-order valence-corrected chi connectivity index (χ0v) is 18.9. The Morgan fingerprint density at radius 1 is 0.943 bits per heavy atom. The standard InChI is InChI=1S/C21H19ClN8O5/c22-16-7-6-14(12-17(16)29(32)33)21(31)26-25-19-18(30(34)35)20(24-13-23-19)28-10-8-27(9-11-28)15-4-2-1-3-5-15/h1-7,12-13H,8-11H2,(H,26,31)(H,23,24,25). The number of anilines is 3. The van der Waals surface area contributed by atoms with E-state index in [0.29, 0.717) is 26.2 Å². The number of carbonyl (C=O) groups excluding carboxylic acids is 1. The summed E-state index contributed by atoms with van der Waals surface area (Å²) < 4.78 is 0. The lowest BCUT2D eigenvalue weighted by atomic mass is 10.2. The molecule has 0 radical (unpaired) electrons. The third-order valence-electron chi connectivity index (χ3n) is 5.39. The van der Waals surface area contributed by atoms with E-state index >= 15 is 0 Å². The van der Waals surface area contributed by atoms with Gasteiger partial charge in [0.2, 0.25) is 11.6 Å². The number of nitro groups is 2. The second-order valence-corrected chi connectivity index (χ2v) is 7.87. The van der Waals surface area contributed by atoms with Gasteiger partial charge in [0.05, 0.1) is 9.85 Å². The van der Waals surface area contributed by atoms with Gasteiger partial charge in [-0.15, -0.1) is 0 Å². The van der Waals surface area contributed by atoms with Crippen LogP contribution >= 0.6 is 11.6 Å². The number of para-hydroxylation sites is 1. The smallest absolute Gasteiger partial charge is 0.355 e. The topological polar surface area (TPSA) is 160 Å². The molecule has 0 aliphatic carbocycles. The van der Waals surface area contributed by atoms with Crippen LogP contribution < -0.4 is 20.7 Å². The molecule has 180 valence electrons. The number of hydrogen-bond donors (Lipinski definition) is 2. The van der Waals surface area contributed by atoms with Crippen LogP contribution in [0.25, 0.3) is 0 Å². The number of carbonyl (C=O) groups is 1. The molecular formula is C21H19ClN8O5. The van der Waals surface area contributed by atoms with Gasteiger partial charge < -0.3 is 9.80 Å². The molecule has 0 atom stereocenters. The number of aromatic nitrogens is 2. The van der Waals surface area contributed by atoms with Crippen LogP contribution in [0, 0.1) is 20.2 Å². The maximum Gasteiger partial charge on any atom is 0.355 e. The van der Waals surface area contributed by atoms with Crippen LogP contribution in [0.4, 0.5) is 28.7 Å². The number of amides is 1. The average Bonchev–Trinajstić information content (AvgIpc) is 2.87. The normalized spacial score (nSPS) is 13.3. The Morgan fingerprint density at radius 2 is 1.63 bits per heavy atom. The Morgan fingerprint density at radius 3 is 2.29 bits per heavy atom. The van der Waals surface area contributed by atoms with Gasteiger partial charge in [-0.2, -0.15) is 0 Å². The van der Waals surface area contributed by atoms with E-state index < -0.39 is 27.1 Å². The summed E-state index contributed by atoms with van der Waals surface area (Å²) >= 11 is 5.77. The highest BCUT2D eigenvalue weighted by Gasteiger charge is 2.29. The second kappa shape index (κ2) is 10.2. The molecule has 2 N–H and O–H groups in total. The van der Waals surface area contributed by atoms with E-state index in [2.05, 4.69) is 25.7 Å². The number of halogens is 1. The van der Waals surface area contributed by atoms with Gasteiger partial charge in [-0.3, -0.25) is 35.9 Å². The lowest BCUT2D eigenvalue weighted by Crippen LogP contribution is -2.47. The van der Waals surface area contributed by atoms with Gasteiger partial charge in [-0.1, -0.05) is 29.8 Å². The van der Waals surface area contributed by atoms with E-state index in [1.165, 1.54) is 12.1 Å². The monoisotopic (exact) mass is 498 g/mol. The highest BCUT2D eigenvalue weighted by molar-refractivity contribution is 6.32. The SMILES string of the molecule is O=C(NNc1ncnc(N2CCN(c3ccccc3)CC2)c1[N+](=O)[O-])c1ccc(Cl)c([N+](=O)[O-])c1. The van der Waals surface area contributed by atoms with Gasteiger partial charge >= 0.3 is 5.69 Å². The van der Waals surface area contributed by atoms with Crippen molar-refractivity contribution in [1.82, 2.24) is 15.4 Å². The van der Waals surface area contributed by atoms with Crippen LogP contribution in [0.3, 0.4) is 0 Å². The molecule has 35 heavy (non-hydrogen) atoms. The van der Waals surface area contributed by atoms with Gasteiger partial charge in [-0.05, 0) is 24.3 Å². The Labute approximate surface area is 203 Å². The highest BCUT2D eigenvalue weighted by Crippen LogP contribution is 2.32. The molecule has 14 heteroatoms. The maximum atomic E-state index is 12.5. The van der Waals surface area contributed by atoms with Crippen molar-refractivity contribution < 1.29 is 14.6 Å². The van der Waals surface area contributed by atoms with Crippen LogP contribution in [-0.4, -0.2) is 51.9 Å². The predicted octanol–water partition coefficient (Wildman–Crippen LogP) is 3.03. The zero-order valence-electron chi connectivity index (χ0n) is 18.1. The van der Waals surface area contributed by atoms with E-state index in [1.807, 2.05) is 30.3 Å². The second-order valence-electron chi connectivity index (χ2n) is 7.46. The molecule has 1 aliphatic heterocycles. The Hall–Kier alpha value is -4.52. The van der Waals surface area contributed by atoms with Crippen LogP contribution in [-0.2, 0) is 0 Å². The van der Waals surface area contributed by atoms with Crippen molar-refractivity contribution in [2.75, 3.05) is 41.4 Å². The summed E-state index contributed by atoms with van der Waals surface area (Å²) in [5.74, 6) is -0.866. The van der Waals surface area contributed by atoms with Gasteiger partial charge in [0.25, 0.3) is 11.6 Å². The molecule has 1 amide bonds. The van der Waals surface area contributed by atoms with Crippen molar-refractivity contribution in [2.45, 2.75) is 0 Å². The molecule has 2 aromatic carbocycles. The Bertz CT molecular complexity index is 1270. The quantitative estimate of drug-likeness (QED) is 0.366. The number of nitrogens with one attached hydrogen (secondary N) is 2. The Balaban J connectivity index is 1.49. The van der Waals surface area contributed by atoms with Gasteiger partial charge in [-0.25, -0.2) is 9.97 Å². The molecule has 1 fully saturated rings. The van der Waals surface area contributed by atoms with Crippen molar-refractivity contribution in [1.29, 1.82) is 0 Å². The zero-order chi connectivity index (χ0) is 24.9. The molecule has 1 aliphatic rings. The van der Waals surface area contributed by atoms with Crippen LogP contribution in [0.1, 0.15) is 10.4 Å². The van der Waals surface area contributed by atoms with Crippen molar-refractivity contribution in [3.63, 3.8) is 0 Å². The molecule has 0 bridgehead atoms. The number of nitro benzene ring substituents is 1. The lowest BCUT2D eigenvalue weighted by Gasteiger charge is -2.36. The molecule has 0 spiro atoms. The number of rotatable bonds is 7. The molecule has 1 aromatic heterocycles. The number of hydrogen-bond acceptors (Lipinski definition) is 10. The first kappa shape index (κ1) is 23.6. The molecule has 0 unspecified atom stereocenters. The fraction of sp³-hybridized carbons (Fsp3) is 0.190. The number of benzene rings is 2. The minimum Gasteiger partial charge on any atom is -0.368 e. The van der Waals surface area contributed by atoms with Gasteiger partial charge in [0.15, 0.2) is 0 Å². The number of nitrogens with zero attached hydrogens (tertiary/aromatic N) is 6. The molecule has 4 rings (SSSR count). The largest absolute Gasteiger partial charge is 0.368 e. The third kappa shape index (κ3) is 5.19. The first-order chi connectivity index (χ1) is 16.8. The van der Waals surface area contributed by atoms with Crippen LogP contribution in [0.2, 0.25) is 5.02 Å². The first-order valence-corrected chi connectivity index (χ1v) is 10.8. The fourth-order valence-corrected chi connectivity index (χ4v) is 3.84. The first-order valence-electron chi connectivity index (χ1n) is 10.4. The molecule has 3 aromatic rings. The van der Waals surface area contributed by atoms with Crippen molar-refractivity contribution in [3.05, 3.63) is 85.7 Å². The molecule has 2 heterocycles. The highest BCUT2D eigenvalue weighted by atomic mass is 35.5. The third-order valence-corrected chi connectivity index (χ3v) is 5.71. The molecule has 13 nitrogen and oxygen atoms in total. The van der Waals surface area contributed by atoms with Gasteiger partial charge in [0, 0.05) is 43.5 Å². The van der Waals surface area contributed by atoms with E-state index in [9.17, 15) is 25.0 Å². The van der Waals surface area contributed by atoms with E-state index in [1.54, 1.807) is 4.90 Å². The molecule has 0 saturated carbocycles. The number of hydrazine groups is 1. The van der Waals surface area contributed by atoms with Gasteiger partial charge in [0.1, 0.15) is 11.3 Å². The van der Waals surface area contributed by atoms with E-state index in [4.69, 9.17) is 11.6 Å². The number of piperazine rings is 1. The summed E-state index contributed by atoms with van der Waals surface area (Å²) in [6.45, 7) is 2.26. The minimum atomic E-state index is -0.768. The summed E-state index contributed by atoms with van der Waals surface area (Å²) in [6.07, 6.45) is 1.16. The van der Waals surface area contributed by atoms with Crippen LogP contribution in [0.5, 0.6) is 0 Å². The minimum absolute atomic E-state index is 0.0671. The van der Waals surface area contributed by atoms with Crippen LogP contribution in [0.15, 0.2) is 54.9 Å². The summed E-state index contributed by atoms with van der Waals surface area (Å²) in [4.78, 5) is 46.1. The fourth-order valence-electron chi connectivity index (χ4n) is 3.66.